The first-order valence-corrected chi connectivity index (χ1v) is 9.79. The van der Waals surface area contributed by atoms with Crippen molar-refractivity contribution in [2.24, 2.45) is 21.1 Å². The molecule has 1 unspecified atom stereocenters. The van der Waals surface area contributed by atoms with Gasteiger partial charge in [0.05, 0.1) is 18.7 Å². The van der Waals surface area contributed by atoms with Gasteiger partial charge in [-0.05, 0) is 18.6 Å². The topological polar surface area (TPSA) is 50.3 Å². The van der Waals surface area contributed by atoms with Crippen LogP contribution in [0.5, 0.6) is 5.75 Å². The maximum atomic E-state index is 9.55. The van der Waals surface area contributed by atoms with Crippen LogP contribution in [0.4, 0.5) is 0 Å². The van der Waals surface area contributed by atoms with Crippen LogP contribution < -0.4 is 18.4 Å². The first kappa shape index (κ1) is 20.9. The number of nitrogens with zero attached hydrogens (tertiary/aromatic N) is 3. The van der Waals surface area contributed by atoms with E-state index >= 15 is 0 Å². The van der Waals surface area contributed by atoms with E-state index in [0.29, 0.717) is 19.4 Å². The highest BCUT2D eigenvalue weighted by Gasteiger charge is 2.28. The third-order valence-electron chi connectivity index (χ3n) is 5.05. The lowest BCUT2D eigenvalue weighted by Crippen LogP contribution is -2.42. The largest absolute Gasteiger partial charge is 0.493 e. The number of aryl methyl sites for hydroxylation is 2. The van der Waals surface area contributed by atoms with Gasteiger partial charge in [-0.15, -0.1) is 0 Å². The molecule has 0 aliphatic heterocycles. The zero-order valence-corrected chi connectivity index (χ0v) is 17.6. The second kappa shape index (κ2) is 9.58. The summed E-state index contributed by atoms with van der Waals surface area (Å²) in [5, 5.41) is 9.55. The van der Waals surface area contributed by atoms with Crippen LogP contribution in [0.1, 0.15) is 12.8 Å². The van der Waals surface area contributed by atoms with Crippen LogP contribution in [0.25, 0.3) is 22.8 Å². The summed E-state index contributed by atoms with van der Waals surface area (Å²) in [5.41, 5.74) is 4.30. The summed E-state index contributed by atoms with van der Waals surface area (Å²) in [5.74, 6) is 0.799. The summed E-state index contributed by atoms with van der Waals surface area (Å²) >= 11 is 0. The number of aliphatic hydroxyl groups excluding tert-OH is 1. The fraction of sp³-hybridized carbons (Fsp3) is 0.348. The molecule has 0 saturated heterocycles. The molecule has 0 aliphatic carbocycles. The Morgan fingerprint density at radius 1 is 0.862 bits per heavy atom. The van der Waals surface area contributed by atoms with Crippen molar-refractivity contribution in [2.75, 3.05) is 13.7 Å². The summed E-state index contributed by atoms with van der Waals surface area (Å²) < 4.78 is 17.3. The van der Waals surface area contributed by atoms with Gasteiger partial charge in [0, 0.05) is 37.8 Å². The average Bonchev–Trinajstić information content (AvgIpc) is 2.73. The van der Waals surface area contributed by atoms with Crippen LogP contribution in [0.2, 0.25) is 0 Å². The van der Waals surface area contributed by atoms with E-state index < -0.39 is 6.29 Å². The van der Waals surface area contributed by atoms with Gasteiger partial charge in [0.2, 0.25) is 0 Å². The number of methoxy groups -OCH3 is 1. The van der Waals surface area contributed by atoms with E-state index in [1.807, 2.05) is 50.8 Å². The molecule has 1 N–H and O–H groups in total. The molecule has 0 aliphatic rings. The molecular formula is C23H30N3O3+3. The molecule has 3 aromatic rings. The number of hydrogen-bond acceptors (Lipinski definition) is 3. The highest BCUT2D eigenvalue weighted by molar-refractivity contribution is 5.56. The number of aromatic nitrogens is 3. The van der Waals surface area contributed by atoms with Crippen molar-refractivity contribution in [3.63, 3.8) is 0 Å². The first-order chi connectivity index (χ1) is 14.0. The lowest BCUT2D eigenvalue weighted by Gasteiger charge is -2.11. The normalized spacial score (nSPS) is 12.0. The smallest absolute Gasteiger partial charge is 0.281 e. The summed E-state index contributed by atoms with van der Waals surface area (Å²) in [4.78, 5) is 0. The summed E-state index contributed by atoms with van der Waals surface area (Å²) in [6.45, 7) is 0.509. The predicted molar refractivity (Wildman–Crippen MR) is 109 cm³/mol. The molecule has 152 valence electrons. The zero-order chi connectivity index (χ0) is 20.8. The van der Waals surface area contributed by atoms with Gasteiger partial charge in [-0.25, -0.2) is 0 Å². The minimum Gasteiger partial charge on any atom is -0.493 e. The Bertz CT molecular complexity index is 909. The van der Waals surface area contributed by atoms with Crippen molar-refractivity contribution in [1.29, 1.82) is 0 Å². The van der Waals surface area contributed by atoms with Gasteiger partial charge >= 0.3 is 0 Å². The highest BCUT2D eigenvalue weighted by Crippen LogP contribution is 2.24. The van der Waals surface area contributed by atoms with Crippen molar-refractivity contribution < 1.29 is 28.3 Å². The Kier molecular flexibility index (Phi) is 6.90. The Morgan fingerprint density at radius 3 is 1.90 bits per heavy atom. The van der Waals surface area contributed by atoms with Crippen LogP contribution >= 0.6 is 0 Å². The van der Waals surface area contributed by atoms with Crippen LogP contribution in [0.3, 0.4) is 0 Å². The van der Waals surface area contributed by atoms with E-state index in [1.165, 1.54) is 7.11 Å². The molecule has 1 atom stereocenters. The van der Waals surface area contributed by atoms with Crippen LogP contribution in [-0.2, 0) is 25.9 Å². The minimum absolute atomic E-state index is 0.509. The van der Waals surface area contributed by atoms with E-state index in [1.54, 1.807) is 0 Å². The van der Waals surface area contributed by atoms with Crippen molar-refractivity contribution in [2.45, 2.75) is 19.1 Å². The standard InChI is InChI=1S/C23H30N3O3/c1-24-13-7-5-10-19(24)21-16-18(29-15-9-12-23(27)28-4)17-22(26(21)3)20-11-6-8-14-25(20)2/h5-8,10-11,13-14,16-17,23,27H,9,12,15H2,1-4H3/q+3. The summed E-state index contributed by atoms with van der Waals surface area (Å²) in [7, 11) is 7.65. The molecule has 0 aromatic carbocycles. The fourth-order valence-electron chi connectivity index (χ4n) is 3.35. The van der Waals surface area contributed by atoms with Gasteiger partial charge in [0.1, 0.15) is 26.9 Å². The average molecular weight is 397 g/mol. The molecule has 6 nitrogen and oxygen atoms in total. The van der Waals surface area contributed by atoms with Gasteiger partial charge in [0.25, 0.3) is 22.8 Å². The van der Waals surface area contributed by atoms with Crippen LogP contribution in [0.15, 0.2) is 60.9 Å². The molecule has 0 spiro atoms. The Labute approximate surface area is 172 Å². The molecule has 0 bridgehead atoms. The highest BCUT2D eigenvalue weighted by atomic mass is 16.6. The zero-order valence-electron chi connectivity index (χ0n) is 17.6. The molecule has 0 saturated carbocycles. The lowest BCUT2D eigenvalue weighted by atomic mass is 10.1. The van der Waals surface area contributed by atoms with Crippen LogP contribution in [-0.4, -0.2) is 25.1 Å². The van der Waals surface area contributed by atoms with Crippen molar-refractivity contribution in [1.82, 2.24) is 0 Å². The number of hydrogen-bond donors (Lipinski definition) is 1. The second-order valence-corrected chi connectivity index (χ2v) is 7.10. The Hall–Kier alpha value is -2.83. The molecular weight excluding hydrogens is 366 g/mol. The number of rotatable bonds is 8. The van der Waals surface area contributed by atoms with Gasteiger partial charge < -0.3 is 14.6 Å². The van der Waals surface area contributed by atoms with E-state index in [-0.39, 0.29) is 0 Å². The minimum atomic E-state index is -0.745. The predicted octanol–water partition coefficient (Wildman–Crippen LogP) is 1.62. The monoisotopic (exact) mass is 396 g/mol. The van der Waals surface area contributed by atoms with Crippen molar-refractivity contribution in [3.05, 3.63) is 60.9 Å². The van der Waals surface area contributed by atoms with E-state index in [4.69, 9.17) is 9.47 Å². The lowest BCUT2D eigenvalue weighted by molar-refractivity contribution is -0.697. The molecule has 3 rings (SSSR count). The third kappa shape index (κ3) is 4.96. The molecule has 3 heterocycles. The van der Waals surface area contributed by atoms with Crippen molar-refractivity contribution in [3.8, 4) is 28.5 Å². The molecule has 6 heteroatoms. The van der Waals surface area contributed by atoms with Gasteiger partial charge in [0.15, 0.2) is 18.7 Å². The molecule has 3 aromatic heterocycles. The van der Waals surface area contributed by atoms with Crippen LogP contribution in [0, 0.1) is 0 Å². The molecule has 29 heavy (non-hydrogen) atoms. The summed E-state index contributed by atoms with van der Waals surface area (Å²) in [6.07, 6.45) is 4.58. The van der Waals surface area contributed by atoms with E-state index in [0.717, 1.165) is 28.5 Å². The van der Waals surface area contributed by atoms with E-state index in [2.05, 4.69) is 45.0 Å². The Morgan fingerprint density at radius 2 is 1.41 bits per heavy atom. The SMILES string of the molecule is COC(O)CCCOc1cc(-c2cccc[n+]2C)[n+](C)c(-c2cccc[n+]2C)c1. The van der Waals surface area contributed by atoms with Crippen molar-refractivity contribution >= 4 is 0 Å². The van der Waals surface area contributed by atoms with Gasteiger partial charge in [-0.3, -0.25) is 0 Å². The number of ether oxygens (including phenoxy) is 2. The first-order valence-electron chi connectivity index (χ1n) is 9.79. The van der Waals surface area contributed by atoms with Gasteiger partial charge in [-0.1, -0.05) is 0 Å². The molecule has 0 radical (unpaired) electrons. The third-order valence-corrected chi connectivity index (χ3v) is 5.05. The number of pyridine rings is 3. The fourth-order valence-corrected chi connectivity index (χ4v) is 3.35. The van der Waals surface area contributed by atoms with Gasteiger partial charge in [-0.2, -0.15) is 13.7 Å². The summed E-state index contributed by atoms with van der Waals surface area (Å²) in [6, 6.07) is 16.4. The maximum absolute atomic E-state index is 9.55. The molecule has 0 fully saturated rings. The molecule has 0 amide bonds. The number of aliphatic hydroxyl groups is 1. The maximum Gasteiger partial charge on any atom is 0.281 e. The second-order valence-electron chi connectivity index (χ2n) is 7.10. The van der Waals surface area contributed by atoms with E-state index in [9.17, 15) is 5.11 Å². The Balaban J connectivity index is 2.01. The quantitative estimate of drug-likeness (QED) is 0.358.